The third-order valence-corrected chi connectivity index (χ3v) is 6.89. The molecule has 0 unspecified atom stereocenters. The van der Waals surface area contributed by atoms with E-state index in [-0.39, 0.29) is 24.8 Å². The molecule has 3 aromatic rings. The van der Waals surface area contributed by atoms with E-state index < -0.39 is 4.92 Å². The molecule has 9 heteroatoms. The second kappa shape index (κ2) is 11.9. The van der Waals surface area contributed by atoms with Gasteiger partial charge in [0.1, 0.15) is 19.0 Å². The highest BCUT2D eigenvalue weighted by molar-refractivity contribution is 6.01. The first-order valence-electron chi connectivity index (χ1n) is 12.9. The fourth-order valence-corrected chi connectivity index (χ4v) is 4.96. The molecule has 0 fully saturated rings. The minimum Gasteiger partial charge on any atom is -0.493 e. The molecule has 1 aliphatic heterocycles. The molecule has 0 bridgehead atoms. The maximum atomic E-state index is 13.6. The number of non-ortho nitro benzene ring substituents is 1. The van der Waals surface area contributed by atoms with Gasteiger partial charge in [0, 0.05) is 30.4 Å². The second-order valence-electron chi connectivity index (χ2n) is 9.45. The summed E-state index contributed by atoms with van der Waals surface area (Å²) in [4.78, 5) is 30.6. The molecule has 0 radical (unpaired) electrons. The molecule has 0 N–H and O–H groups in total. The standard InChI is InChI=1S/C31H29N3O6/c1-32-27-18-30(29(38-2)17-26(27)31(35)33-13-12-23-8-6-7-11-28(23)33)40-20-22-14-21(15-24(16-22)34(36)37)19-39-25-9-4-3-5-10-25/h3-6,8-10,14-18H,1,7,11-13,19-20H2,2H3. The highest BCUT2D eigenvalue weighted by Crippen LogP contribution is 2.39. The lowest BCUT2D eigenvalue weighted by atomic mass is 10.0. The summed E-state index contributed by atoms with van der Waals surface area (Å²) < 4.78 is 17.4. The Balaban J connectivity index is 1.36. The molecule has 1 heterocycles. The molecule has 40 heavy (non-hydrogen) atoms. The van der Waals surface area contributed by atoms with Crippen LogP contribution in [0.15, 0.2) is 89.1 Å². The van der Waals surface area contributed by atoms with Gasteiger partial charge in [0.2, 0.25) is 0 Å². The van der Waals surface area contributed by atoms with Crippen molar-refractivity contribution in [3.8, 4) is 17.2 Å². The van der Waals surface area contributed by atoms with Crippen molar-refractivity contribution in [3.63, 3.8) is 0 Å². The van der Waals surface area contributed by atoms with E-state index in [1.165, 1.54) is 24.8 Å². The second-order valence-corrected chi connectivity index (χ2v) is 9.45. The number of amides is 1. The average Bonchev–Trinajstić information content (AvgIpc) is 3.43. The molecular formula is C31H29N3O6. The largest absolute Gasteiger partial charge is 0.493 e. The van der Waals surface area contributed by atoms with E-state index in [0.29, 0.717) is 46.2 Å². The number of ether oxygens (including phenoxy) is 3. The summed E-state index contributed by atoms with van der Waals surface area (Å²) in [7, 11) is 1.49. The minimum atomic E-state index is -0.447. The molecule has 0 saturated carbocycles. The van der Waals surface area contributed by atoms with Crippen molar-refractivity contribution in [1.29, 1.82) is 0 Å². The lowest BCUT2D eigenvalue weighted by Crippen LogP contribution is -2.28. The first kappa shape index (κ1) is 26.7. The number of nitro groups is 1. The predicted octanol–water partition coefficient (Wildman–Crippen LogP) is 6.54. The summed E-state index contributed by atoms with van der Waals surface area (Å²) in [6.07, 6.45) is 6.80. The van der Waals surface area contributed by atoms with E-state index >= 15 is 0 Å². The van der Waals surface area contributed by atoms with E-state index in [2.05, 4.69) is 23.9 Å². The molecule has 5 rings (SSSR count). The third-order valence-electron chi connectivity index (χ3n) is 6.89. The van der Waals surface area contributed by atoms with Crippen molar-refractivity contribution in [2.24, 2.45) is 4.99 Å². The van der Waals surface area contributed by atoms with Gasteiger partial charge in [-0.3, -0.25) is 19.9 Å². The average molecular weight is 540 g/mol. The van der Waals surface area contributed by atoms with Crippen LogP contribution < -0.4 is 14.2 Å². The lowest BCUT2D eigenvalue weighted by molar-refractivity contribution is -0.385. The Morgan fingerprint density at radius 1 is 1.02 bits per heavy atom. The number of carbonyl (C=O) groups is 1. The summed E-state index contributed by atoms with van der Waals surface area (Å²) >= 11 is 0. The van der Waals surface area contributed by atoms with Gasteiger partial charge in [-0.2, -0.15) is 0 Å². The normalized spacial score (nSPS) is 14.1. The Morgan fingerprint density at radius 2 is 1.77 bits per heavy atom. The van der Waals surface area contributed by atoms with Gasteiger partial charge in [-0.15, -0.1) is 0 Å². The van der Waals surface area contributed by atoms with Gasteiger partial charge >= 0.3 is 0 Å². The maximum absolute atomic E-state index is 13.6. The first-order valence-corrected chi connectivity index (χ1v) is 12.9. The minimum absolute atomic E-state index is 0.0228. The molecule has 3 aromatic carbocycles. The highest BCUT2D eigenvalue weighted by atomic mass is 16.6. The Morgan fingerprint density at radius 3 is 2.48 bits per heavy atom. The van der Waals surface area contributed by atoms with Crippen LogP contribution in [-0.2, 0) is 13.2 Å². The summed E-state index contributed by atoms with van der Waals surface area (Å²) in [6, 6.07) is 17.2. The molecule has 0 atom stereocenters. The van der Waals surface area contributed by atoms with Gasteiger partial charge in [0.25, 0.3) is 11.6 Å². The molecule has 2 aliphatic rings. The summed E-state index contributed by atoms with van der Waals surface area (Å²) in [5.74, 6) is 1.20. The predicted molar refractivity (Wildman–Crippen MR) is 151 cm³/mol. The smallest absolute Gasteiger partial charge is 0.270 e. The van der Waals surface area contributed by atoms with Gasteiger partial charge in [0.15, 0.2) is 11.5 Å². The van der Waals surface area contributed by atoms with Gasteiger partial charge in [-0.25, -0.2) is 0 Å². The zero-order chi connectivity index (χ0) is 28.1. The number of rotatable bonds is 10. The molecule has 0 aromatic heterocycles. The number of nitro benzene ring substituents is 1. The van der Waals surface area contributed by atoms with Crippen molar-refractivity contribution in [3.05, 3.63) is 111 Å². The summed E-state index contributed by atoms with van der Waals surface area (Å²) in [6.45, 7) is 4.46. The molecule has 1 aliphatic carbocycles. The monoisotopic (exact) mass is 539 g/mol. The molecule has 9 nitrogen and oxygen atoms in total. The van der Waals surface area contributed by atoms with Gasteiger partial charge in [-0.05, 0) is 66.9 Å². The van der Waals surface area contributed by atoms with Gasteiger partial charge in [0.05, 0.1) is 23.3 Å². The van der Waals surface area contributed by atoms with Crippen LogP contribution in [0.4, 0.5) is 11.4 Å². The van der Waals surface area contributed by atoms with Crippen LogP contribution in [0.1, 0.15) is 40.7 Å². The van der Waals surface area contributed by atoms with E-state index in [0.717, 1.165) is 25.0 Å². The number of aliphatic imine (C=N–C) groups is 1. The van der Waals surface area contributed by atoms with E-state index in [9.17, 15) is 14.9 Å². The van der Waals surface area contributed by atoms with Crippen LogP contribution in [0.2, 0.25) is 0 Å². The number of benzene rings is 3. The van der Waals surface area contributed by atoms with Crippen LogP contribution in [0.5, 0.6) is 17.2 Å². The molecule has 1 amide bonds. The number of hydrogen-bond acceptors (Lipinski definition) is 7. The van der Waals surface area contributed by atoms with Crippen molar-refractivity contribution < 1.29 is 23.9 Å². The third kappa shape index (κ3) is 5.73. The van der Waals surface area contributed by atoms with Crippen molar-refractivity contribution in [1.82, 2.24) is 4.90 Å². The maximum Gasteiger partial charge on any atom is 0.270 e. The number of methoxy groups -OCH3 is 1. The van der Waals surface area contributed by atoms with Crippen molar-refractivity contribution in [2.45, 2.75) is 32.5 Å². The SMILES string of the molecule is C=Nc1cc(OCc2cc(COc3ccccc3)cc([N+](=O)[O-])c2)c(OC)cc1C(=O)N1CCC2=C1CCC=C2. The Kier molecular flexibility index (Phi) is 7.91. The van der Waals surface area contributed by atoms with E-state index in [1.807, 2.05) is 35.2 Å². The number of hydrogen-bond donors (Lipinski definition) is 0. The van der Waals surface area contributed by atoms with E-state index in [1.54, 1.807) is 18.2 Å². The molecule has 204 valence electrons. The number of allylic oxidation sites excluding steroid dienone is 3. The van der Waals surface area contributed by atoms with Gasteiger partial charge < -0.3 is 19.1 Å². The zero-order valence-electron chi connectivity index (χ0n) is 22.2. The highest BCUT2D eigenvalue weighted by Gasteiger charge is 2.30. The Hall–Kier alpha value is -4.92. The summed E-state index contributed by atoms with van der Waals surface area (Å²) in [5.41, 5.74) is 4.15. The fraction of sp³-hybridized carbons (Fsp3) is 0.226. The Labute approximate surface area is 232 Å². The summed E-state index contributed by atoms with van der Waals surface area (Å²) in [5, 5.41) is 11.6. The van der Waals surface area contributed by atoms with E-state index in [4.69, 9.17) is 14.2 Å². The van der Waals surface area contributed by atoms with Crippen LogP contribution >= 0.6 is 0 Å². The fourth-order valence-electron chi connectivity index (χ4n) is 4.96. The van der Waals surface area contributed by atoms with Crippen LogP contribution in [-0.4, -0.2) is 36.1 Å². The topological polar surface area (TPSA) is 103 Å². The molecular weight excluding hydrogens is 510 g/mol. The number of carbonyl (C=O) groups excluding carboxylic acids is 1. The lowest BCUT2D eigenvalue weighted by Gasteiger charge is -2.23. The van der Waals surface area contributed by atoms with Crippen LogP contribution in [0.25, 0.3) is 0 Å². The quantitative estimate of drug-likeness (QED) is 0.165. The molecule has 0 saturated heterocycles. The van der Waals surface area contributed by atoms with Gasteiger partial charge in [-0.1, -0.05) is 30.4 Å². The van der Waals surface area contributed by atoms with Crippen molar-refractivity contribution >= 4 is 24.0 Å². The molecule has 0 spiro atoms. The van der Waals surface area contributed by atoms with Crippen LogP contribution in [0, 0.1) is 10.1 Å². The number of nitrogens with zero attached hydrogens (tertiary/aromatic N) is 3. The van der Waals surface area contributed by atoms with Crippen molar-refractivity contribution in [2.75, 3.05) is 13.7 Å². The zero-order valence-corrected chi connectivity index (χ0v) is 22.2. The van der Waals surface area contributed by atoms with Crippen LogP contribution in [0.3, 0.4) is 0 Å². The Bertz CT molecular complexity index is 1510. The first-order chi connectivity index (χ1) is 19.5. The number of para-hydroxylation sites is 1.